The normalized spacial score (nSPS) is 11.1. The number of aromatic nitrogens is 1. The van der Waals surface area contributed by atoms with E-state index in [4.69, 9.17) is 9.47 Å². The van der Waals surface area contributed by atoms with Gasteiger partial charge in [0.1, 0.15) is 11.5 Å². The zero-order valence-electron chi connectivity index (χ0n) is 18.5. The average molecular weight is 491 g/mol. The van der Waals surface area contributed by atoms with E-state index in [1.54, 1.807) is 19.2 Å². The van der Waals surface area contributed by atoms with Crippen molar-refractivity contribution in [2.45, 2.75) is 18.2 Å². The number of carbonyl (C=O) groups is 1. The smallest absolute Gasteiger partial charge is 0.262 e. The summed E-state index contributed by atoms with van der Waals surface area (Å²) in [5.41, 5.74) is 2.10. The predicted molar refractivity (Wildman–Crippen MR) is 130 cm³/mol. The van der Waals surface area contributed by atoms with E-state index in [-0.39, 0.29) is 17.4 Å². The molecular weight excluding hydrogens is 464 g/mol. The molecule has 2 aromatic carbocycles. The highest BCUT2D eigenvalue weighted by Crippen LogP contribution is 2.32. The maximum absolute atomic E-state index is 12.5. The lowest BCUT2D eigenvalue weighted by Crippen LogP contribution is -2.24. The molecule has 0 bridgehead atoms. The molecule has 0 fully saturated rings. The Kier molecular flexibility index (Phi) is 8.26. The van der Waals surface area contributed by atoms with Gasteiger partial charge in [0.25, 0.3) is 5.91 Å². The molecule has 0 spiro atoms. The predicted octanol–water partition coefficient (Wildman–Crippen LogP) is 3.57. The standard InChI is InChI=1S/C22H26N4O5S2/c1-4-11-24-33(28,29)17-8-6-16(7-9-17)31-13-21(27)25-18-12-15(5-10-20(18)30-3)19-14-32-22(23-2)26-19/h5-10,12,14,24H,4,11,13H2,1-3H3,(H,23,26)(H,25,27). The third-order valence-electron chi connectivity index (χ3n) is 4.53. The van der Waals surface area contributed by atoms with Gasteiger partial charge in [-0.2, -0.15) is 0 Å². The van der Waals surface area contributed by atoms with E-state index in [1.807, 2.05) is 18.4 Å². The van der Waals surface area contributed by atoms with Crippen LogP contribution in [0.15, 0.2) is 52.7 Å². The van der Waals surface area contributed by atoms with E-state index in [2.05, 4.69) is 20.3 Å². The van der Waals surface area contributed by atoms with Crippen LogP contribution < -0.4 is 24.8 Å². The van der Waals surface area contributed by atoms with E-state index in [1.165, 1.54) is 42.7 Å². The highest BCUT2D eigenvalue weighted by molar-refractivity contribution is 7.89. The van der Waals surface area contributed by atoms with Crippen molar-refractivity contribution < 1.29 is 22.7 Å². The summed E-state index contributed by atoms with van der Waals surface area (Å²) < 4.78 is 37.7. The number of amides is 1. The number of nitrogens with one attached hydrogen (secondary N) is 3. The second-order valence-electron chi connectivity index (χ2n) is 6.91. The van der Waals surface area contributed by atoms with Crippen molar-refractivity contribution in [2.24, 2.45) is 0 Å². The first-order valence-electron chi connectivity index (χ1n) is 10.2. The van der Waals surface area contributed by atoms with Gasteiger partial charge in [-0.05, 0) is 48.9 Å². The Labute approximate surface area is 197 Å². The zero-order chi connectivity index (χ0) is 23.8. The van der Waals surface area contributed by atoms with Gasteiger partial charge in [-0.1, -0.05) is 6.92 Å². The summed E-state index contributed by atoms with van der Waals surface area (Å²) >= 11 is 1.48. The van der Waals surface area contributed by atoms with Crippen molar-refractivity contribution in [3.63, 3.8) is 0 Å². The molecule has 0 aliphatic carbocycles. The summed E-state index contributed by atoms with van der Waals surface area (Å²) in [6, 6.07) is 11.3. The van der Waals surface area contributed by atoms with Gasteiger partial charge in [-0.15, -0.1) is 11.3 Å². The molecule has 33 heavy (non-hydrogen) atoms. The molecule has 1 amide bonds. The topological polar surface area (TPSA) is 119 Å². The van der Waals surface area contributed by atoms with Crippen molar-refractivity contribution in [2.75, 3.05) is 37.9 Å². The van der Waals surface area contributed by atoms with Crippen LogP contribution in [-0.4, -0.2) is 46.6 Å². The third-order valence-corrected chi connectivity index (χ3v) is 6.87. The Morgan fingerprint density at radius 1 is 1.15 bits per heavy atom. The van der Waals surface area contributed by atoms with Gasteiger partial charge in [0.2, 0.25) is 10.0 Å². The molecule has 176 valence electrons. The Morgan fingerprint density at radius 2 is 1.91 bits per heavy atom. The van der Waals surface area contributed by atoms with E-state index in [9.17, 15) is 13.2 Å². The highest BCUT2D eigenvalue weighted by Gasteiger charge is 2.14. The number of rotatable bonds is 11. The summed E-state index contributed by atoms with van der Waals surface area (Å²) in [6.07, 6.45) is 0.698. The molecular formula is C22H26N4O5S2. The van der Waals surface area contributed by atoms with Crippen LogP contribution in [0.4, 0.5) is 10.8 Å². The molecule has 0 saturated carbocycles. The molecule has 9 nitrogen and oxygen atoms in total. The van der Waals surface area contributed by atoms with Gasteiger partial charge in [-0.25, -0.2) is 18.1 Å². The Morgan fingerprint density at radius 3 is 2.55 bits per heavy atom. The van der Waals surface area contributed by atoms with Crippen molar-refractivity contribution in [3.05, 3.63) is 47.8 Å². The molecule has 0 unspecified atom stereocenters. The number of nitrogens with zero attached hydrogens (tertiary/aromatic N) is 1. The second-order valence-corrected chi connectivity index (χ2v) is 9.53. The van der Waals surface area contributed by atoms with Crippen LogP contribution in [0.25, 0.3) is 11.3 Å². The average Bonchev–Trinajstić information content (AvgIpc) is 3.31. The number of sulfonamides is 1. The fourth-order valence-corrected chi connectivity index (χ4v) is 4.67. The molecule has 3 N–H and O–H groups in total. The molecule has 0 saturated heterocycles. The van der Waals surface area contributed by atoms with Crippen LogP contribution in [0.5, 0.6) is 11.5 Å². The van der Waals surface area contributed by atoms with Crippen LogP contribution in [0.3, 0.4) is 0 Å². The van der Waals surface area contributed by atoms with Crippen molar-refractivity contribution in [1.82, 2.24) is 9.71 Å². The van der Waals surface area contributed by atoms with Gasteiger partial charge in [-0.3, -0.25) is 4.79 Å². The monoisotopic (exact) mass is 490 g/mol. The zero-order valence-corrected chi connectivity index (χ0v) is 20.2. The number of thiazole rings is 1. The Hall–Kier alpha value is -3.15. The number of ether oxygens (including phenoxy) is 2. The number of hydrogen-bond acceptors (Lipinski definition) is 8. The minimum Gasteiger partial charge on any atom is -0.495 e. The van der Waals surface area contributed by atoms with Crippen LogP contribution in [0.1, 0.15) is 13.3 Å². The van der Waals surface area contributed by atoms with Gasteiger partial charge in [0.05, 0.1) is 23.4 Å². The van der Waals surface area contributed by atoms with E-state index < -0.39 is 10.0 Å². The SMILES string of the molecule is CCCNS(=O)(=O)c1ccc(OCC(=O)Nc2cc(-c3csc(NC)n3)ccc2OC)cc1. The quantitative estimate of drug-likeness (QED) is 0.376. The summed E-state index contributed by atoms with van der Waals surface area (Å²) in [5.74, 6) is 0.494. The lowest BCUT2D eigenvalue weighted by molar-refractivity contribution is -0.118. The number of benzene rings is 2. The third kappa shape index (κ3) is 6.44. The number of carbonyl (C=O) groups excluding carboxylic acids is 1. The van der Waals surface area contributed by atoms with Gasteiger partial charge in [0, 0.05) is 24.5 Å². The van der Waals surface area contributed by atoms with E-state index in [0.29, 0.717) is 30.2 Å². The van der Waals surface area contributed by atoms with Crippen LogP contribution >= 0.6 is 11.3 Å². The van der Waals surface area contributed by atoms with Gasteiger partial charge in [0.15, 0.2) is 11.7 Å². The largest absolute Gasteiger partial charge is 0.495 e. The fourth-order valence-electron chi connectivity index (χ4n) is 2.86. The molecule has 1 heterocycles. The fraction of sp³-hybridized carbons (Fsp3) is 0.273. The summed E-state index contributed by atoms with van der Waals surface area (Å²) in [6.45, 7) is 1.99. The van der Waals surface area contributed by atoms with E-state index >= 15 is 0 Å². The molecule has 11 heteroatoms. The number of hydrogen-bond donors (Lipinski definition) is 3. The van der Waals surface area contributed by atoms with Crippen molar-refractivity contribution in [3.8, 4) is 22.8 Å². The molecule has 0 atom stereocenters. The maximum atomic E-state index is 12.5. The molecule has 1 aromatic heterocycles. The van der Waals surface area contributed by atoms with Crippen LogP contribution in [-0.2, 0) is 14.8 Å². The van der Waals surface area contributed by atoms with Crippen LogP contribution in [0, 0.1) is 0 Å². The summed E-state index contributed by atoms with van der Waals surface area (Å²) in [7, 11) is -0.228. The molecule has 3 rings (SSSR count). The lowest BCUT2D eigenvalue weighted by atomic mass is 10.1. The lowest BCUT2D eigenvalue weighted by Gasteiger charge is -2.12. The molecule has 0 radical (unpaired) electrons. The summed E-state index contributed by atoms with van der Waals surface area (Å²) in [5, 5.41) is 8.50. The number of methoxy groups -OCH3 is 1. The minimum absolute atomic E-state index is 0.137. The molecule has 3 aromatic rings. The van der Waals surface area contributed by atoms with Crippen LogP contribution in [0.2, 0.25) is 0 Å². The first kappa shape index (κ1) is 24.5. The first-order valence-corrected chi connectivity index (χ1v) is 12.6. The molecule has 0 aliphatic rings. The first-order chi connectivity index (χ1) is 15.9. The Bertz CT molecular complexity index is 1190. The van der Waals surface area contributed by atoms with Gasteiger partial charge < -0.3 is 20.1 Å². The summed E-state index contributed by atoms with van der Waals surface area (Å²) in [4.78, 5) is 17.1. The maximum Gasteiger partial charge on any atom is 0.262 e. The minimum atomic E-state index is -3.55. The highest BCUT2D eigenvalue weighted by atomic mass is 32.2. The number of anilines is 2. The van der Waals surface area contributed by atoms with Crippen molar-refractivity contribution in [1.29, 1.82) is 0 Å². The Balaban J connectivity index is 1.64. The second kappa shape index (κ2) is 11.1. The molecule has 0 aliphatic heterocycles. The van der Waals surface area contributed by atoms with E-state index in [0.717, 1.165) is 16.4 Å². The van der Waals surface area contributed by atoms with Gasteiger partial charge >= 0.3 is 0 Å². The van der Waals surface area contributed by atoms with Crippen molar-refractivity contribution >= 4 is 38.1 Å².